The molecule has 0 aliphatic carbocycles. The Morgan fingerprint density at radius 3 is 2.93 bits per heavy atom. The number of nitrogens with zero attached hydrogens (tertiary/aromatic N) is 2. The summed E-state index contributed by atoms with van der Waals surface area (Å²) in [7, 11) is 0. The average molecular weight is 206 g/mol. The lowest BCUT2D eigenvalue weighted by Crippen LogP contribution is -2.29. The highest BCUT2D eigenvalue weighted by Crippen LogP contribution is 2.12. The highest BCUT2D eigenvalue weighted by atomic mass is 16.3. The summed E-state index contributed by atoms with van der Waals surface area (Å²) in [6, 6.07) is 3.59. The van der Waals surface area contributed by atoms with Gasteiger partial charge in [-0.05, 0) is 25.5 Å². The first kappa shape index (κ1) is 10.1. The van der Waals surface area contributed by atoms with Gasteiger partial charge in [-0.2, -0.15) is 0 Å². The lowest BCUT2D eigenvalue weighted by Gasteiger charge is -2.15. The third kappa shape index (κ3) is 2.15. The molecular weight excluding hydrogens is 192 g/mol. The maximum absolute atomic E-state index is 11.9. The van der Waals surface area contributed by atoms with Crippen LogP contribution >= 0.6 is 0 Å². The van der Waals surface area contributed by atoms with Gasteiger partial charge in [0.1, 0.15) is 0 Å². The number of hydrogen-bond donors (Lipinski definition) is 1. The maximum Gasteiger partial charge on any atom is 0.255 e. The molecule has 1 aliphatic rings. The standard InChI is InChI=1S/C11H14N2O2/c1-8-2-3-9(6-12-8)11(15)13-5-4-10(14)7-13/h2-3,6,10,14H,4-5,7H2,1H3. The summed E-state index contributed by atoms with van der Waals surface area (Å²) in [5.41, 5.74) is 1.49. The normalized spacial score (nSPS) is 20.7. The first-order chi connectivity index (χ1) is 7.16. The molecule has 0 spiro atoms. The fourth-order valence-corrected chi connectivity index (χ4v) is 1.70. The maximum atomic E-state index is 11.9. The second kappa shape index (κ2) is 3.98. The number of carbonyl (C=O) groups is 1. The van der Waals surface area contributed by atoms with Gasteiger partial charge in [0.2, 0.25) is 0 Å². The summed E-state index contributed by atoms with van der Waals surface area (Å²) < 4.78 is 0. The number of β-amino-alcohol motifs (C(OH)–C–C–N with tert-alkyl or cyclic N) is 1. The summed E-state index contributed by atoms with van der Waals surface area (Å²) in [4.78, 5) is 17.6. The molecular formula is C11H14N2O2. The molecule has 4 nitrogen and oxygen atoms in total. The second-order valence-corrected chi connectivity index (χ2v) is 3.88. The van der Waals surface area contributed by atoms with Crippen molar-refractivity contribution in [3.05, 3.63) is 29.6 Å². The topological polar surface area (TPSA) is 53.4 Å². The van der Waals surface area contributed by atoms with Crippen molar-refractivity contribution >= 4 is 5.91 Å². The van der Waals surface area contributed by atoms with Crippen molar-refractivity contribution in [2.75, 3.05) is 13.1 Å². The summed E-state index contributed by atoms with van der Waals surface area (Å²) in [6.45, 7) is 2.95. The van der Waals surface area contributed by atoms with Crippen LogP contribution in [0.1, 0.15) is 22.5 Å². The fraction of sp³-hybridized carbons (Fsp3) is 0.455. The third-order valence-electron chi connectivity index (χ3n) is 2.61. The quantitative estimate of drug-likeness (QED) is 0.732. The van der Waals surface area contributed by atoms with E-state index >= 15 is 0 Å². The van der Waals surface area contributed by atoms with Crippen molar-refractivity contribution < 1.29 is 9.90 Å². The Hall–Kier alpha value is -1.42. The smallest absolute Gasteiger partial charge is 0.255 e. The van der Waals surface area contributed by atoms with Gasteiger partial charge < -0.3 is 10.0 Å². The van der Waals surface area contributed by atoms with Crippen LogP contribution in [0.25, 0.3) is 0 Å². The number of aryl methyl sites for hydroxylation is 1. The lowest BCUT2D eigenvalue weighted by atomic mass is 10.2. The minimum Gasteiger partial charge on any atom is -0.391 e. The van der Waals surface area contributed by atoms with Gasteiger partial charge in [-0.15, -0.1) is 0 Å². The SMILES string of the molecule is Cc1ccc(C(=O)N2CCC(O)C2)cn1. The summed E-state index contributed by atoms with van der Waals surface area (Å²) in [5.74, 6) is -0.0425. The molecule has 0 radical (unpaired) electrons. The number of likely N-dealkylation sites (tertiary alicyclic amines) is 1. The fourth-order valence-electron chi connectivity index (χ4n) is 1.70. The molecule has 1 aromatic rings. The van der Waals surface area contributed by atoms with Gasteiger partial charge in [0.15, 0.2) is 0 Å². The number of carbonyl (C=O) groups excluding carboxylic acids is 1. The van der Waals surface area contributed by atoms with Gasteiger partial charge in [-0.25, -0.2) is 0 Å². The summed E-state index contributed by atoms with van der Waals surface area (Å²) in [6.07, 6.45) is 1.89. The van der Waals surface area contributed by atoms with E-state index in [2.05, 4.69) is 4.98 Å². The lowest BCUT2D eigenvalue weighted by molar-refractivity contribution is 0.0764. The van der Waals surface area contributed by atoms with Crippen LogP contribution in [-0.4, -0.2) is 40.1 Å². The largest absolute Gasteiger partial charge is 0.391 e. The monoisotopic (exact) mass is 206 g/mol. The zero-order valence-corrected chi connectivity index (χ0v) is 8.68. The molecule has 0 bridgehead atoms. The Morgan fingerprint density at radius 2 is 2.40 bits per heavy atom. The Kier molecular flexibility index (Phi) is 2.68. The van der Waals surface area contributed by atoms with E-state index in [1.165, 1.54) is 0 Å². The van der Waals surface area contributed by atoms with Crippen molar-refractivity contribution in [3.63, 3.8) is 0 Å². The van der Waals surface area contributed by atoms with Crippen LogP contribution in [0.4, 0.5) is 0 Å². The Labute approximate surface area is 88.6 Å². The molecule has 1 fully saturated rings. The number of rotatable bonds is 1. The molecule has 0 saturated carbocycles. The van der Waals surface area contributed by atoms with Crippen LogP contribution in [0, 0.1) is 6.92 Å². The van der Waals surface area contributed by atoms with Gasteiger partial charge in [-0.3, -0.25) is 9.78 Å². The van der Waals surface area contributed by atoms with Crippen molar-refractivity contribution in [1.82, 2.24) is 9.88 Å². The summed E-state index contributed by atoms with van der Waals surface area (Å²) in [5, 5.41) is 9.33. The molecule has 4 heteroatoms. The Morgan fingerprint density at radius 1 is 1.60 bits per heavy atom. The highest BCUT2D eigenvalue weighted by molar-refractivity contribution is 5.94. The second-order valence-electron chi connectivity index (χ2n) is 3.88. The molecule has 80 valence electrons. The predicted octanol–water partition coefficient (Wildman–Crippen LogP) is 0.597. The van der Waals surface area contributed by atoms with Crippen molar-refractivity contribution in [2.45, 2.75) is 19.4 Å². The van der Waals surface area contributed by atoms with Gasteiger partial charge in [0, 0.05) is 25.0 Å². The van der Waals surface area contributed by atoms with Crippen molar-refractivity contribution in [2.24, 2.45) is 0 Å². The van der Waals surface area contributed by atoms with Crippen molar-refractivity contribution in [3.8, 4) is 0 Å². The number of aliphatic hydroxyl groups excluding tert-OH is 1. The first-order valence-corrected chi connectivity index (χ1v) is 5.07. The molecule has 1 amide bonds. The first-order valence-electron chi connectivity index (χ1n) is 5.07. The van der Waals surface area contributed by atoms with Crippen LogP contribution in [0.15, 0.2) is 18.3 Å². The molecule has 2 rings (SSSR count). The van der Waals surface area contributed by atoms with E-state index in [0.29, 0.717) is 25.1 Å². The number of pyridine rings is 1. The molecule has 0 aromatic carbocycles. The van der Waals surface area contributed by atoms with Crippen LogP contribution in [0.5, 0.6) is 0 Å². The number of aromatic nitrogens is 1. The minimum atomic E-state index is -0.368. The predicted molar refractivity (Wildman–Crippen MR) is 55.5 cm³/mol. The number of hydrogen-bond acceptors (Lipinski definition) is 3. The number of amides is 1. The molecule has 15 heavy (non-hydrogen) atoms. The van der Waals surface area contributed by atoms with E-state index in [0.717, 1.165) is 5.69 Å². The molecule has 1 N–H and O–H groups in total. The molecule has 2 heterocycles. The third-order valence-corrected chi connectivity index (χ3v) is 2.61. The van der Waals surface area contributed by atoms with Crippen LogP contribution in [0.3, 0.4) is 0 Å². The van der Waals surface area contributed by atoms with E-state index in [-0.39, 0.29) is 12.0 Å². The Balaban J connectivity index is 2.11. The highest BCUT2D eigenvalue weighted by Gasteiger charge is 2.25. The molecule has 1 saturated heterocycles. The van der Waals surface area contributed by atoms with E-state index in [4.69, 9.17) is 0 Å². The van der Waals surface area contributed by atoms with E-state index in [1.807, 2.05) is 13.0 Å². The van der Waals surface area contributed by atoms with Crippen LogP contribution in [-0.2, 0) is 0 Å². The van der Waals surface area contributed by atoms with Gasteiger partial charge in [-0.1, -0.05) is 0 Å². The molecule has 1 atom stereocenters. The minimum absolute atomic E-state index is 0.0425. The van der Waals surface area contributed by atoms with Crippen LogP contribution < -0.4 is 0 Å². The molecule has 1 aromatic heterocycles. The summed E-state index contributed by atoms with van der Waals surface area (Å²) >= 11 is 0. The van der Waals surface area contributed by atoms with Crippen molar-refractivity contribution in [1.29, 1.82) is 0 Å². The molecule has 1 unspecified atom stereocenters. The van der Waals surface area contributed by atoms with E-state index in [1.54, 1.807) is 17.2 Å². The van der Waals surface area contributed by atoms with E-state index in [9.17, 15) is 9.90 Å². The number of aliphatic hydroxyl groups is 1. The Bertz CT molecular complexity index is 361. The van der Waals surface area contributed by atoms with Gasteiger partial charge in [0.05, 0.1) is 11.7 Å². The van der Waals surface area contributed by atoms with Gasteiger partial charge >= 0.3 is 0 Å². The molecule has 1 aliphatic heterocycles. The average Bonchev–Trinajstić information content (AvgIpc) is 2.65. The van der Waals surface area contributed by atoms with Gasteiger partial charge in [0.25, 0.3) is 5.91 Å². The zero-order chi connectivity index (χ0) is 10.8. The van der Waals surface area contributed by atoms with E-state index < -0.39 is 0 Å². The zero-order valence-electron chi connectivity index (χ0n) is 8.68. The van der Waals surface area contributed by atoms with Crippen LogP contribution in [0.2, 0.25) is 0 Å².